The Morgan fingerprint density at radius 1 is 1.62 bits per heavy atom. The van der Waals surface area contributed by atoms with Crippen molar-refractivity contribution >= 4 is 0 Å². The van der Waals surface area contributed by atoms with Gasteiger partial charge in [-0.3, -0.25) is 16.3 Å². The van der Waals surface area contributed by atoms with Gasteiger partial charge in [0, 0.05) is 19.5 Å². The molecule has 72 valence electrons. The maximum atomic E-state index is 5.38. The van der Waals surface area contributed by atoms with Crippen molar-refractivity contribution in [1.29, 1.82) is 0 Å². The summed E-state index contributed by atoms with van der Waals surface area (Å²) in [4.78, 5) is 4.08. The first-order valence-electron chi connectivity index (χ1n) is 4.14. The van der Waals surface area contributed by atoms with Crippen molar-refractivity contribution in [2.24, 2.45) is 5.84 Å². The third kappa shape index (κ3) is 2.77. The Balaban J connectivity index is 2.78. The quantitative estimate of drug-likeness (QED) is 0.526. The summed E-state index contributed by atoms with van der Waals surface area (Å²) in [6.07, 6.45) is 3.60. The highest BCUT2D eigenvalue weighted by molar-refractivity contribution is 5.19. The number of nitrogens with one attached hydrogen (secondary N) is 1. The van der Waals surface area contributed by atoms with Crippen molar-refractivity contribution in [2.45, 2.75) is 13.0 Å². The highest BCUT2D eigenvalue weighted by Gasteiger charge is 2.08. The minimum Gasteiger partial charge on any atom is -0.383 e. The number of hydrazine groups is 1. The van der Waals surface area contributed by atoms with Crippen LogP contribution in [-0.2, 0) is 4.74 Å². The second-order valence-corrected chi connectivity index (χ2v) is 2.97. The van der Waals surface area contributed by atoms with Crippen molar-refractivity contribution in [3.8, 4) is 0 Å². The van der Waals surface area contributed by atoms with Gasteiger partial charge in [0.1, 0.15) is 0 Å². The normalized spacial score (nSPS) is 12.8. The van der Waals surface area contributed by atoms with Gasteiger partial charge in [0.25, 0.3) is 0 Å². The second-order valence-electron chi connectivity index (χ2n) is 2.97. The lowest BCUT2D eigenvalue weighted by molar-refractivity contribution is 0.167. The Bertz CT molecular complexity index is 265. The fraction of sp³-hybridized carbons (Fsp3) is 0.444. The first kappa shape index (κ1) is 10.1. The molecule has 1 unspecified atom stereocenters. The number of rotatable bonds is 4. The lowest BCUT2D eigenvalue weighted by Crippen LogP contribution is -2.31. The third-order valence-electron chi connectivity index (χ3n) is 1.83. The van der Waals surface area contributed by atoms with Gasteiger partial charge in [-0.2, -0.15) is 0 Å². The van der Waals surface area contributed by atoms with Crippen molar-refractivity contribution in [2.75, 3.05) is 13.7 Å². The van der Waals surface area contributed by atoms with Crippen LogP contribution in [0.15, 0.2) is 18.5 Å². The molecular formula is C9H15N3O. The van der Waals surface area contributed by atoms with E-state index >= 15 is 0 Å². The molecule has 1 aromatic rings. The van der Waals surface area contributed by atoms with E-state index in [-0.39, 0.29) is 6.04 Å². The largest absolute Gasteiger partial charge is 0.383 e. The SMILES string of the molecule is COCC(NN)c1cncc(C)c1. The van der Waals surface area contributed by atoms with Crippen LogP contribution in [0.25, 0.3) is 0 Å². The molecule has 0 saturated heterocycles. The average molecular weight is 181 g/mol. The minimum absolute atomic E-state index is 0.0115. The van der Waals surface area contributed by atoms with Crippen LogP contribution in [-0.4, -0.2) is 18.7 Å². The van der Waals surface area contributed by atoms with E-state index in [1.54, 1.807) is 13.3 Å². The number of hydrogen-bond acceptors (Lipinski definition) is 4. The molecule has 0 spiro atoms. The highest BCUT2D eigenvalue weighted by atomic mass is 16.5. The minimum atomic E-state index is 0.0115. The molecule has 1 atom stereocenters. The van der Waals surface area contributed by atoms with Crippen LogP contribution < -0.4 is 11.3 Å². The van der Waals surface area contributed by atoms with Gasteiger partial charge in [-0.25, -0.2) is 0 Å². The van der Waals surface area contributed by atoms with Crippen LogP contribution >= 0.6 is 0 Å². The number of methoxy groups -OCH3 is 1. The molecule has 1 rings (SSSR count). The Hall–Kier alpha value is -0.970. The molecule has 4 nitrogen and oxygen atoms in total. The molecule has 3 N–H and O–H groups in total. The number of nitrogens with zero attached hydrogens (tertiary/aromatic N) is 1. The van der Waals surface area contributed by atoms with E-state index in [0.29, 0.717) is 6.61 Å². The van der Waals surface area contributed by atoms with Crippen molar-refractivity contribution in [1.82, 2.24) is 10.4 Å². The lowest BCUT2D eigenvalue weighted by Gasteiger charge is -2.14. The van der Waals surface area contributed by atoms with Crippen LogP contribution in [0.4, 0.5) is 0 Å². The van der Waals surface area contributed by atoms with Crippen LogP contribution in [0.1, 0.15) is 17.2 Å². The van der Waals surface area contributed by atoms with Gasteiger partial charge in [0.2, 0.25) is 0 Å². The summed E-state index contributed by atoms with van der Waals surface area (Å²) < 4.78 is 5.02. The fourth-order valence-corrected chi connectivity index (χ4v) is 1.18. The maximum absolute atomic E-state index is 5.38. The summed E-state index contributed by atoms with van der Waals surface area (Å²) in [6, 6.07) is 2.05. The summed E-state index contributed by atoms with van der Waals surface area (Å²) in [5.41, 5.74) is 4.85. The van der Waals surface area contributed by atoms with Crippen molar-refractivity contribution in [3.05, 3.63) is 29.6 Å². The molecule has 0 aromatic carbocycles. The number of aryl methyl sites for hydroxylation is 1. The molecule has 1 aromatic heterocycles. The molecule has 0 fully saturated rings. The zero-order valence-electron chi connectivity index (χ0n) is 7.95. The predicted octanol–water partition coefficient (Wildman–Crippen LogP) is 0.541. The molecule has 0 radical (unpaired) electrons. The van der Waals surface area contributed by atoms with Crippen molar-refractivity contribution < 1.29 is 4.74 Å². The number of pyridine rings is 1. The van der Waals surface area contributed by atoms with E-state index in [2.05, 4.69) is 10.4 Å². The Kier molecular flexibility index (Phi) is 3.82. The molecule has 0 aliphatic rings. The molecule has 0 bridgehead atoms. The average Bonchev–Trinajstić information content (AvgIpc) is 2.14. The van der Waals surface area contributed by atoms with Gasteiger partial charge in [0.15, 0.2) is 0 Å². The van der Waals surface area contributed by atoms with E-state index in [0.717, 1.165) is 11.1 Å². The maximum Gasteiger partial charge on any atom is 0.0708 e. The second kappa shape index (κ2) is 4.91. The Morgan fingerprint density at radius 3 is 2.92 bits per heavy atom. The number of hydrogen-bond donors (Lipinski definition) is 2. The van der Waals surface area contributed by atoms with E-state index in [9.17, 15) is 0 Å². The van der Waals surface area contributed by atoms with Crippen LogP contribution in [0, 0.1) is 6.92 Å². The smallest absolute Gasteiger partial charge is 0.0708 e. The zero-order chi connectivity index (χ0) is 9.68. The van der Waals surface area contributed by atoms with Crippen LogP contribution in [0.5, 0.6) is 0 Å². The predicted molar refractivity (Wildman–Crippen MR) is 50.9 cm³/mol. The number of nitrogens with two attached hydrogens (primary N) is 1. The van der Waals surface area contributed by atoms with Gasteiger partial charge >= 0.3 is 0 Å². The van der Waals surface area contributed by atoms with E-state index in [4.69, 9.17) is 10.6 Å². The standard InChI is InChI=1S/C9H15N3O/c1-7-3-8(5-11-4-7)9(12-10)6-13-2/h3-5,9,12H,6,10H2,1-2H3. The van der Waals surface area contributed by atoms with Gasteiger partial charge in [0.05, 0.1) is 12.6 Å². The van der Waals surface area contributed by atoms with E-state index < -0.39 is 0 Å². The van der Waals surface area contributed by atoms with Gasteiger partial charge in [-0.1, -0.05) is 6.07 Å². The molecule has 0 saturated carbocycles. The number of ether oxygens (including phenoxy) is 1. The topological polar surface area (TPSA) is 60.2 Å². The Labute approximate surface area is 78.1 Å². The summed E-state index contributed by atoms with van der Waals surface area (Å²) in [5.74, 6) is 5.38. The van der Waals surface area contributed by atoms with Gasteiger partial charge < -0.3 is 4.74 Å². The molecule has 13 heavy (non-hydrogen) atoms. The first-order valence-corrected chi connectivity index (χ1v) is 4.14. The highest BCUT2D eigenvalue weighted by Crippen LogP contribution is 2.11. The molecule has 0 aliphatic heterocycles. The fourth-order valence-electron chi connectivity index (χ4n) is 1.18. The molecule has 1 heterocycles. The van der Waals surface area contributed by atoms with Gasteiger partial charge in [-0.05, 0) is 18.1 Å². The third-order valence-corrected chi connectivity index (χ3v) is 1.83. The van der Waals surface area contributed by atoms with Crippen LogP contribution in [0.2, 0.25) is 0 Å². The Morgan fingerprint density at radius 2 is 2.38 bits per heavy atom. The van der Waals surface area contributed by atoms with Gasteiger partial charge in [-0.15, -0.1) is 0 Å². The van der Waals surface area contributed by atoms with E-state index in [1.807, 2.05) is 19.2 Å². The van der Waals surface area contributed by atoms with Crippen LogP contribution in [0.3, 0.4) is 0 Å². The molecule has 4 heteroatoms. The monoisotopic (exact) mass is 181 g/mol. The summed E-state index contributed by atoms with van der Waals surface area (Å²) >= 11 is 0. The molecule has 0 aliphatic carbocycles. The zero-order valence-corrected chi connectivity index (χ0v) is 7.95. The van der Waals surface area contributed by atoms with E-state index in [1.165, 1.54) is 0 Å². The summed E-state index contributed by atoms with van der Waals surface area (Å²) in [5, 5.41) is 0. The first-order chi connectivity index (χ1) is 6.27. The van der Waals surface area contributed by atoms with Crippen molar-refractivity contribution in [3.63, 3.8) is 0 Å². The molecule has 0 amide bonds. The summed E-state index contributed by atoms with van der Waals surface area (Å²) in [7, 11) is 1.65. The lowest BCUT2D eigenvalue weighted by atomic mass is 10.1. The molecular weight excluding hydrogens is 166 g/mol. The summed E-state index contributed by atoms with van der Waals surface area (Å²) in [6.45, 7) is 2.54. The number of aromatic nitrogens is 1.